The molecule has 0 aromatic rings. The second kappa shape index (κ2) is 5.20. The van der Waals surface area contributed by atoms with Crippen LogP contribution in [0.1, 0.15) is 34.6 Å². The molecule has 0 spiro atoms. The maximum Gasteiger partial charge on any atom is 0.407 e. The minimum absolute atomic E-state index is 0.0369. The van der Waals surface area contributed by atoms with Gasteiger partial charge in [0.1, 0.15) is 5.60 Å². The Morgan fingerprint density at radius 1 is 1.43 bits per heavy atom. The molecule has 84 valence electrons. The molecule has 1 unspecified atom stereocenters. The molecule has 0 heterocycles. The zero-order valence-corrected chi connectivity index (χ0v) is 9.76. The number of carbonyl (C=O) groups is 1. The lowest BCUT2D eigenvalue weighted by atomic mass is 10.0. The molecule has 0 aliphatic heterocycles. The van der Waals surface area contributed by atoms with Gasteiger partial charge in [-0.1, -0.05) is 6.92 Å². The molecule has 0 aromatic heterocycles. The molecule has 1 amide bonds. The summed E-state index contributed by atoms with van der Waals surface area (Å²) in [6.45, 7) is 9.97. The van der Waals surface area contributed by atoms with Gasteiger partial charge in [-0.25, -0.2) is 4.79 Å². The highest BCUT2D eigenvalue weighted by Crippen LogP contribution is 2.08. The Morgan fingerprint density at radius 3 is 2.29 bits per heavy atom. The van der Waals surface area contributed by atoms with Crippen molar-refractivity contribution < 1.29 is 9.53 Å². The monoisotopic (exact) mass is 202 g/mol. The number of nitrogens with two attached hydrogens (primary N) is 1. The Labute approximate surface area is 86.2 Å². The van der Waals surface area contributed by atoms with Crippen LogP contribution in [0.4, 0.5) is 4.79 Å². The third kappa shape index (κ3) is 5.80. The van der Waals surface area contributed by atoms with Crippen LogP contribution in [-0.2, 0) is 4.74 Å². The van der Waals surface area contributed by atoms with E-state index in [1.165, 1.54) is 0 Å². The minimum Gasteiger partial charge on any atom is -0.444 e. The molecule has 0 aromatic carbocycles. The highest BCUT2D eigenvalue weighted by atomic mass is 16.6. The van der Waals surface area contributed by atoms with Crippen LogP contribution in [0.15, 0.2) is 0 Å². The fraction of sp³-hybridized carbons (Fsp3) is 0.900. The summed E-state index contributed by atoms with van der Waals surface area (Å²) >= 11 is 0. The lowest BCUT2D eigenvalue weighted by molar-refractivity contribution is 0.0495. The van der Waals surface area contributed by atoms with E-state index in [9.17, 15) is 4.79 Å². The molecular weight excluding hydrogens is 180 g/mol. The summed E-state index contributed by atoms with van der Waals surface area (Å²) in [4.78, 5) is 11.3. The van der Waals surface area contributed by atoms with Crippen molar-refractivity contribution in [3.63, 3.8) is 0 Å². The summed E-state index contributed by atoms with van der Waals surface area (Å²) in [5.74, 6) is 0.252. The molecule has 3 N–H and O–H groups in total. The van der Waals surface area contributed by atoms with Gasteiger partial charge in [0.25, 0.3) is 0 Å². The van der Waals surface area contributed by atoms with E-state index in [0.29, 0.717) is 6.54 Å². The molecule has 0 aliphatic rings. The predicted octanol–water partition coefficient (Wildman–Crippen LogP) is 1.49. The lowest BCUT2D eigenvalue weighted by Gasteiger charge is -2.24. The summed E-state index contributed by atoms with van der Waals surface area (Å²) in [6.07, 6.45) is -0.384. The van der Waals surface area contributed by atoms with Crippen molar-refractivity contribution in [2.24, 2.45) is 11.7 Å². The summed E-state index contributed by atoms with van der Waals surface area (Å²) < 4.78 is 5.11. The highest BCUT2D eigenvalue weighted by molar-refractivity contribution is 5.68. The standard InChI is InChI=1S/C10H22N2O2/c1-7(6-11)8(2)12-9(13)14-10(3,4)5/h7-8H,6,11H2,1-5H3,(H,12,13)/t7-,8?/m0/s1. The molecule has 4 nitrogen and oxygen atoms in total. The maximum atomic E-state index is 11.3. The van der Waals surface area contributed by atoms with Crippen LogP contribution < -0.4 is 11.1 Å². The third-order valence-electron chi connectivity index (χ3n) is 1.97. The molecule has 0 fully saturated rings. The Kier molecular flexibility index (Phi) is 4.91. The van der Waals surface area contributed by atoms with Crippen LogP contribution in [0.3, 0.4) is 0 Å². The van der Waals surface area contributed by atoms with E-state index in [2.05, 4.69) is 5.32 Å². The Bertz CT molecular complexity index is 187. The van der Waals surface area contributed by atoms with Gasteiger partial charge in [-0.3, -0.25) is 0 Å². The van der Waals surface area contributed by atoms with E-state index in [0.717, 1.165) is 0 Å². The second-order valence-corrected chi connectivity index (χ2v) is 4.65. The second-order valence-electron chi connectivity index (χ2n) is 4.65. The number of carbonyl (C=O) groups excluding carboxylic acids is 1. The number of alkyl carbamates (subject to hydrolysis) is 1. The molecular formula is C10H22N2O2. The van der Waals surface area contributed by atoms with Crippen LogP contribution in [0.2, 0.25) is 0 Å². The largest absolute Gasteiger partial charge is 0.444 e. The first kappa shape index (κ1) is 13.2. The smallest absolute Gasteiger partial charge is 0.407 e. The van der Waals surface area contributed by atoms with Crippen molar-refractivity contribution in [2.75, 3.05) is 6.54 Å². The van der Waals surface area contributed by atoms with Gasteiger partial charge in [-0.15, -0.1) is 0 Å². The van der Waals surface area contributed by atoms with Crippen molar-refractivity contribution >= 4 is 6.09 Å². The van der Waals surface area contributed by atoms with Gasteiger partial charge in [0.05, 0.1) is 0 Å². The number of rotatable bonds is 3. The Hall–Kier alpha value is -0.770. The van der Waals surface area contributed by atoms with Crippen molar-refractivity contribution in [2.45, 2.75) is 46.3 Å². The quantitative estimate of drug-likeness (QED) is 0.729. The van der Waals surface area contributed by atoms with Crippen LogP contribution in [0.5, 0.6) is 0 Å². The van der Waals surface area contributed by atoms with Gasteiger partial charge in [0.2, 0.25) is 0 Å². The molecule has 0 aliphatic carbocycles. The Balaban J connectivity index is 3.95. The zero-order valence-electron chi connectivity index (χ0n) is 9.76. The van der Waals surface area contributed by atoms with Gasteiger partial charge in [0.15, 0.2) is 0 Å². The van der Waals surface area contributed by atoms with Crippen LogP contribution >= 0.6 is 0 Å². The van der Waals surface area contributed by atoms with Crippen molar-refractivity contribution in [3.8, 4) is 0 Å². The number of hydrogen-bond acceptors (Lipinski definition) is 3. The average Bonchev–Trinajstić information content (AvgIpc) is 1.99. The van der Waals surface area contributed by atoms with Crippen LogP contribution in [0.25, 0.3) is 0 Å². The van der Waals surface area contributed by atoms with Crippen LogP contribution in [0, 0.1) is 5.92 Å². The summed E-state index contributed by atoms with van der Waals surface area (Å²) in [7, 11) is 0. The number of hydrogen-bond donors (Lipinski definition) is 2. The van der Waals surface area contributed by atoms with E-state index >= 15 is 0 Å². The van der Waals surface area contributed by atoms with Crippen molar-refractivity contribution in [1.82, 2.24) is 5.32 Å². The lowest BCUT2D eigenvalue weighted by Crippen LogP contribution is -2.42. The number of nitrogens with one attached hydrogen (secondary N) is 1. The topological polar surface area (TPSA) is 64.3 Å². The maximum absolute atomic E-state index is 11.3. The fourth-order valence-corrected chi connectivity index (χ4v) is 0.840. The fourth-order valence-electron chi connectivity index (χ4n) is 0.840. The average molecular weight is 202 g/mol. The van der Waals surface area contributed by atoms with E-state index in [1.807, 2.05) is 34.6 Å². The van der Waals surface area contributed by atoms with E-state index in [4.69, 9.17) is 10.5 Å². The van der Waals surface area contributed by atoms with Gasteiger partial charge < -0.3 is 15.8 Å². The minimum atomic E-state index is -0.449. The molecule has 14 heavy (non-hydrogen) atoms. The summed E-state index contributed by atoms with van der Waals surface area (Å²) in [5.41, 5.74) is 5.04. The zero-order chi connectivity index (χ0) is 11.4. The van der Waals surface area contributed by atoms with Crippen LogP contribution in [-0.4, -0.2) is 24.3 Å². The van der Waals surface area contributed by atoms with Crippen molar-refractivity contribution in [3.05, 3.63) is 0 Å². The first-order chi connectivity index (χ1) is 6.26. The Morgan fingerprint density at radius 2 is 1.93 bits per heavy atom. The molecule has 2 atom stereocenters. The van der Waals surface area contributed by atoms with Crippen molar-refractivity contribution in [1.29, 1.82) is 0 Å². The molecule has 0 bridgehead atoms. The van der Waals surface area contributed by atoms with E-state index < -0.39 is 5.60 Å². The predicted molar refractivity (Wildman–Crippen MR) is 57.1 cm³/mol. The number of amides is 1. The summed E-state index contributed by atoms with van der Waals surface area (Å²) in [5, 5.41) is 2.75. The normalized spacial score (nSPS) is 15.9. The SMILES string of the molecule is CC(NC(=O)OC(C)(C)C)[C@@H](C)CN. The molecule has 4 heteroatoms. The molecule has 0 saturated heterocycles. The third-order valence-corrected chi connectivity index (χ3v) is 1.97. The molecule has 0 saturated carbocycles. The summed E-state index contributed by atoms with van der Waals surface area (Å²) in [6, 6.07) is 0.0369. The van der Waals surface area contributed by atoms with Gasteiger partial charge in [0, 0.05) is 6.04 Å². The number of ether oxygens (including phenoxy) is 1. The first-order valence-corrected chi connectivity index (χ1v) is 4.96. The molecule has 0 radical (unpaired) electrons. The van der Waals surface area contributed by atoms with E-state index in [1.54, 1.807) is 0 Å². The first-order valence-electron chi connectivity index (χ1n) is 4.96. The van der Waals surface area contributed by atoms with Gasteiger partial charge in [-0.05, 0) is 40.2 Å². The molecule has 0 rings (SSSR count). The van der Waals surface area contributed by atoms with E-state index in [-0.39, 0.29) is 18.1 Å². The highest BCUT2D eigenvalue weighted by Gasteiger charge is 2.19. The van der Waals surface area contributed by atoms with Gasteiger partial charge in [-0.2, -0.15) is 0 Å². The van der Waals surface area contributed by atoms with Gasteiger partial charge >= 0.3 is 6.09 Å².